The molecule has 0 unspecified atom stereocenters. The van der Waals surface area contributed by atoms with Gasteiger partial charge in [-0.25, -0.2) is 0 Å². The summed E-state index contributed by atoms with van der Waals surface area (Å²) >= 11 is 0. The van der Waals surface area contributed by atoms with Crippen molar-refractivity contribution in [1.82, 2.24) is 9.80 Å². The Morgan fingerprint density at radius 3 is 1.90 bits per heavy atom. The van der Waals surface area contributed by atoms with E-state index >= 15 is 0 Å². The third-order valence-corrected chi connectivity index (χ3v) is 5.56. The number of hydrogen-bond donors (Lipinski definition) is 0. The Hall–Kier alpha value is -0.0800. The van der Waals surface area contributed by atoms with Crippen molar-refractivity contribution in [1.29, 1.82) is 0 Å². The van der Waals surface area contributed by atoms with Gasteiger partial charge in [0.1, 0.15) is 0 Å². The van der Waals surface area contributed by atoms with Crippen LogP contribution in [0.3, 0.4) is 0 Å². The third-order valence-electron chi connectivity index (χ3n) is 5.56. The van der Waals surface area contributed by atoms with Crippen LogP contribution in [0.15, 0.2) is 0 Å². The zero-order valence-corrected chi connectivity index (χ0v) is 14.7. The van der Waals surface area contributed by atoms with Crippen molar-refractivity contribution in [3.8, 4) is 0 Å². The van der Waals surface area contributed by atoms with Gasteiger partial charge in [-0.1, -0.05) is 20.8 Å². The third kappa shape index (κ3) is 4.21. The van der Waals surface area contributed by atoms with Gasteiger partial charge in [0.2, 0.25) is 0 Å². The molecule has 0 radical (unpaired) electrons. The minimum absolute atomic E-state index is 0.355. The topological polar surface area (TPSA) is 6.48 Å². The lowest BCUT2D eigenvalue weighted by Gasteiger charge is -2.39. The summed E-state index contributed by atoms with van der Waals surface area (Å²) in [5, 5.41) is 0. The fraction of sp³-hybridized carbons (Fsp3) is 1.00. The first-order valence-corrected chi connectivity index (χ1v) is 8.63. The first kappa shape index (κ1) is 16.3. The van der Waals surface area contributed by atoms with Crippen molar-refractivity contribution in [3.63, 3.8) is 0 Å². The molecule has 2 fully saturated rings. The minimum atomic E-state index is 0.355. The molecule has 20 heavy (non-hydrogen) atoms. The average Bonchev–Trinajstić information content (AvgIpc) is 2.77. The Balaban J connectivity index is 1.74. The predicted octanol–water partition coefficient (Wildman–Crippen LogP) is 3.86. The lowest BCUT2D eigenvalue weighted by atomic mass is 9.75. The monoisotopic (exact) mass is 280 g/mol. The van der Waals surface area contributed by atoms with Crippen LogP contribution in [-0.4, -0.2) is 48.1 Å². The van der Waals surface area contributed by atoms with Gasteiger partial charge in [0.15, 0.2) is 0 Å². The van der Waals surface area contributed by atoms with Gasteiger partial charge in [0, 0.05) is 18.6 Å². The number of piperidine rings is 1. The van der Waals surface area contributed by atoms with Crippen LogP contribution < -0.4 is 0 Å². The number of likely N-dealkylation sites (tertiary alicyclic amines) is 2. The average molecular weight is 281 g/mol. The quantitative estimate of drug-likeness (QED) is 0.758. The van der Waals surface area contributed by atoms with E-state index in [-0.39, 0.29) is 0 Å². The molecule has 0 saturated carbocycles. The second-order valence-corrected chi connectivity index (χ2v) is 9.21. The van der Waals surface area contributed by atoms with Gasteiger partial charge in [-0.05, 0) is 76.9 Å². The van der Waals surface area contributed by atoms with E-state index < -0.39 is 0 Å². The van der Waals surface area contributed by atoms with Crippen LogP contribution in [0.5, 0.6) is 0 Å². The highest BCUT2D eigenvalue weighted by molar-refractivity contribution is 4.87. The molecule has 0 aromatic carbocycles. The summed E-state index contributed by atoms with van der Waals surface area (Å²) in [5.41, 5.74) is 0.858. The fourth-order valence-corrected chi connectivity index (χ4v) is 3.94. The molecule has 0 bridgehead atoms. The van der Waals surface area contributed by atoms with Gasteiger partial charge >= 0.3 is 0 Å². The standard InChI is InChI=1S/C18H36N2/c1-17(2,3)16-8-10-19(11-9-16)13-15-7-12-20(14-15)18(4,5)6/h15-16H,7-14H2,1-6H3/t15-/m0/s1. The van der Waals surface area contributed by atoms with Crippen molar-refractivity contribution in [3.05, 3.63) is 0 Å². The van der Waals surface area contributed by atoms with Crippen molar-refractivity contribution in [2.75, 3.05) is 32.7 Å². The summed E-state index contributed by atoms with van der Waals surface area (Å²) in [7, 11) is 0. The summed E-state index contributed by atoms with van der Waals surface area (Å²) in [6.45, 7) is 20.9. The summed E-state index contributed by atoms with van der Waals surface area (Å²) in [5.74, 6) is 1.83. The summed E-state index contributed by atoms with van der Waals surface area (Å²) in [6.07, 6.45) is 4.20. The van der Waals surface area contributed by atoms with Crippen molar-refractivity contribution in [2.24, 2.45) is 17.3 Å². The van der Waals surface area contributed by atoms with Crippen LogP contribution in [0.2, 0.25) is 0 Å². The molecule has 0 N–H and O–H groups in total. The van der Waals surface area contributed by atoms with E-state index in [2.05, 4.69) is 51.3 Å². The zero-order chi connectivity index (χ0) is 15.0. The Kier molecular flexibility index (Phi) is 4.86. The largest absolute Gasteiger partial charge is 0.303 e. The van der Waals surface area contributed by atoms with E-state index in [1.165, 1.54) is 52.0 Å². The number of hydrogen-bond acceptors (Lipinski definition) is 2. The smallest absolute Gasteiger partial charge is 0.0125 e. The van der Waals surface area contributed by atoms with Gasteiger partial charge in [0.05, 0.1) is 0 Å². The normalized spacial score (nSPS) is 28.2. The first-order valence-electron chi connectivity index (χ1n) is 8.63. The zero-order valence-electron chi connectivity index (χ0n) is 14.7. The SMILES string of the molecule is CC(C)(C)C1CCN(C[C@@H]2CCN(C(C)(C)C)C2)CC1. The molecule has 2 heteroatoms. The summed E-state index contributed by atoms with van der Waals surface area (Å²) < 4.78 is 0. The Morgan fingerprint density at radius 1 is 0.850 bits per heavy atom. The van der Waals surface area contributed by atoms with Crippen molar-refractivity contribution < 1.29 is 0 Å². The highest BCUT2D eigenvalue weighted by Gasteiger charge is 2.33. The van der Waals surface area contributed by atoms with Crippen LogP contribution in [-0.2, 0) is 0 Å². The van der Waals surface area contributed by atoms with Crippen molar-refractivity contribution >= 4 is 0 Å². The Bertz CT molecular complexity index is 302. The maximum atomic E-state index is 2.74. The second kappa shape index (κ2) is 5.96. The molecule has 2 saturated heterocycles. The lowest BCUT2D eigenvalue weighted by molar-refractivity contribution is 0.0979. The molecular formula is C18H36N2. The number of rotatable bonds is 2. The predicted molar refractivity (Wildman–Crippen MR) is 88.1 cm³/mol. The van der Waals surface area contributed by atoms with Gasteiger partial charge in [-0.2, -0.15) is 0 Å². The van der Waals surface area contributed by atoms with Crippen LogP contribution in [0.4, 0.5) is 0 Å². The molecule has 0 aromatic rings. The highest BCUT2D eigenvalue weighted by Crippen LogP contribution is 2.35. The molecule has 0 amide bonds. The first-order chi connectivity index (χ1) is 9.16. The van der Waals surface area contributed by atoms with Crippen molar-refractivity contribution in [2.45, 2.75) is 66.3 Å². The van der Waals surface area contributed by atoms with E-state index in [9.17, 15) is 0 Å². The Morgan fingerprint density at radius 2 is 1.45 bits per heavy atom. The molecule has 0 aliphatic carbocycles. The van der Waals surface area contributed by atoms with E-state index in [0.717, 1.165) is 11.8 Å². The van der Waals surface area contributed by atoms with Crippen LogP contribution >= 0.6 is 0 Å². The van der Waals surface area contributed by atoms with Gasteiger partial charge < -0.3 is 4.90 Å². The molecule has 2 heterocycles. The maximum absolute atomic E-state index is 2.74. The van der Waals surface area contributed by atoms with Gasteiger partial charge in [-0.15, -0.1) is 0 Å². The molecule has 118 valence electrons. The molecule has 2 nitrogen and oxygen atoms in total. The molecule has 2 rings (SSSR count). The fourth-order valence-electron chi connectivity index (χ4n) is 3.94. The highest BCUT2D eigenvalue weighted by atomic mass is 15.2. The van der Waals surface area contributed by atoms with Crippen LogP contribution in [0.25, 0.3) is 0 Å². The maximum Gasteiger partial charge on any atom is 0.0125 e. The molecule has 2 aliphatic rings. The van der Waals surface area contributed by atoms with E-state index in [1.54, 1.807) is 0 Å². The van der Waals surface area contributed by atoms with Crippen LogP contribution in [0.1, 0.15) is 60.8 Å². The minimum Gasteiger partial charge on any atom is -0.303 e. The summed E-state index contributed by atoms with van der Waals surface area (Å²) in [6, 6.07) is 0. The van der Waals surface area contributed by atoms with E-state index in [0.29, 0.717) is 11.0 Å². The second-order valence-electron chi connectivity index (χ2n) is 9.21. The number of nitrogens with zero attached hydrogens (tertiary/aromatic N) is 2. The molecule has 0 aromatic heterocycles. The molecule has 0 spiro atoms. The van der Waals surface area contributed by atoms with Crippen LogP contribution in [0, 0.1) is 17.3 Å². The van der Waals surface area contributed by atoms with E-state index in [1.807, 2.05) is 0 Å². The lowest BCUT2D eigenvalue weighted by Crippen LogP contribution is -2.42. The van der Waals surface area contributed by atoms with Gasteiger partial charge in [-0.3, -0.25) is 4.90 Å². The van der Waals surface area contributed by atoms with Gasteiger partial charge in [0.25, 0.3) is 0 Å². The Labute approximate surface area is 126 Å². The molecule has 1 atom stereocenters. The molecular weight excluding hydrogens is 244 g/mol. The van der Waals surface area contributed by atoms with E-state index in [4.69, 9.17) is 0 Å². The summed E-state index contributed by atoms with van der Waals surface area (Å²) in [4.78, 5) is 5.40. The molecule has 2 aliphatic heterocycles.